The van der Waals surface area contributed by atoms with Gasteiger partial charge in [0.05, 0.1) is 49.8 Å². The Labute approximate surface area is 241 Å². The number of aromatic nitrogens is 1. The third kappa shape index (κ3) is 5.36. The van der Waals surface area contributed by atoms with Crippen LogP contribution in [0.5, 0.6) is 17.2 Å². The average molecular weight is 583 g/mol. The van der Waals surface area contributed by atoms with E-state index in [4.69, 9.17) is 23.4 Å². The van der Waals surface area contributed by atoms with Crippen molar-refractivity contribution in [3.05, 3.63) is 66.5 Å². The van der Waals surface area contributed by atoms with Crippen molar-refractivity contribution in [2.75, 3.05) is 66.1 Å². The Morgan fingerprint density at radius 1 is 1.10 bits per heavy atom. The SMILES string of the molecule is CCOC(=O)C1=C(C)N=c2s/c(=C/c3ccc(N4CCN(C)CC4)o3)c(=O)n2C1c1cc(OC)c(OC)c(OC)c1. The second-order valence-corrected chi connectivity index (χ2v) is 10.7. The molecule has 0 aliphatic carbocycles. The highest BCUT2D eigenvalue weighted by Gasteiger charge is 2.34. The summed E-state index contributed by atoms with van der Waals surface area (Å²) < 4.78 is 30.1. The average Bonchev–Trinajstić information content (AvgIpc) is 3.56. The van der Waals surface area contributed by atoms with E-state index in [1.807, 2.05) is 12.1 Å². The molecule has 1 unspecified atom stereocenters. The van der Waals surface area contributed by atoms with E-state index >= 15 is 0 Å². The van der Waals surface area contributed by atoms with Crippen molar-refractivity contribution in [2.24, 2.45) is 4.99 Å². The van der Waals surface area contributed by atoms with E-state index in [0.717, 1.165) is 32.1 Å². The first-order chi connectivity index (χ1) is 19.8. The van der Waals surface area contributed by atoms with E-state index in [9.17, 15) is 9.59 Å². The number of benzene rings is 1. The summed E-state index contributed by atoms with van der Waals surface area (Å²) in [5.41, 5.74) is 1.000. The summed E-state index contributed by atoms with van der Waals surface area (Å²) in [6, 6.07) is 6.42. The first-order valence-corrected chi connectivity index (χ1v) is 14.1. The van der Waals surface area contributed by atoms with Crippen LogP contribution in [0.1, 0.15) is 31.2 Å². The molecule has 5 rings (SSSR count). The molecule has 2 aliphatic heterocycles. The number of esters is 1. The summed E-state index contributed by atoms with van der Waals surface area (Å²) >= 11 is 1.23. The number of nitrogens with zero attached hydrogens (tertiary/aromatic N) is 4. The molecular weight excluding hydrogens is 548 g/mol. The number of carbonyl (C=O) groups is 1. The quantitative estimate of drug-likeness (QED) is 0.369. The minimum atomic E-state index is -0.835. The molecule has 218 valence electrons. The van der Waals surface area contributed by atoms with Crippen LogP contribution in [0.15, 0.2) is 49.7 Å². The second kappa shape index (κ2) is 11.8. The van der Waals surface area contributed by atoms with Crippen LogP contribution in [0.3, 0.4) is 0 Å². The zero-order valence-electron chi connectivity index (χ0n) is 24.1. The Morgan fingerprint density at radius 3 is 2.39 bits per heavy atom. The number of piperazine rings is 1. The summed E-state index contributed by atoms with van der Waals surface area (Å²) in [6.07, 6.45) is 1.72. The lowest BCUT2D eigenvalue weighted by atomic mass is 9.95. The standard InChI is InChI=1S/C29H34N4O7S/c1-7-39-28(35)24-17(2)30-29-33(25(24)18-14-20(36-4)26(38-6)21(15-18)37-5)27(34)22(41-29)16-19-8-9-23(40-19)32-12-10-31(3)11-13-32/h8-9,14-16,25H,7,10-13H2,1-6H3/b22-16+. The van der Waals surface area contributed by atoms with Crippen LogP contribution in [-0.4, -0.2) is 76.6 Å². The van der Waals surface area contributed by atoms with Gasteiger partial charge in [0.2, 0.25) is 5.75 Å². The maximum Gasteiger partial charge on any atom is 0.338 e. The molecule has 0 N–H and O–H groups in total. The molecule has 3 aromatic rings. The zero-order valence-corrected chi connectivity index (χ0v) is 24.9. The molecule has 2 aliphatic rings. The number of carbonyl (C=O) groups excluding carboxylic acids is 1. The van der Waals surface area contributed by atoms with E-state index in [1.165, 1.54) is 37.2 Å². The van der Waals surface area contributed by atoms with Crippen molar-refractivity contribution in [1.82, 2.24) is 9.47 Å². The van der Waals surface area contributed by atoms with Crippen LogP contribution in [0.2, 0.25) is 0 Å². The molecule has 0 radical (unpaired) electrons. The van der Waals surface area contributed by atoms with Crippen LogP contribution in [-0.2, 0) is 9.53 Å². The number of likely N-dealkylation sites (N-methyl/N-ethyl adjacent to an activating group) is 1. The zero-order chi connectivity index (χ0) is 29.3. The Bertz CT molecular complexity index is 1640. The Morgan fingerprint density at radius 2 is 1.78 bits per heavy atom. The molecule has 41 heavy (non-hydrogen) atoms. The molecule has 0 bridgehead atoms. The first kappa shape index (κ1) is 28.5. The molecular formula is C29H34N4O7S. The second-order valence-electron chi connectivity index (χ2n) is 9.73. The third-order valence-corrected chi connectivity index (χ3v) is 8.20. The van der Waals surface area contributed by atoms with Gasteiger partial charge in [0.1, 0.15) is 5.76 Å². The lowest BCUT2D eigenvalue weighted by molar-refractivity contribution is -0.139. The number of hydrogen-bond acceptors (Lipinski definition) is 11. The molecule has 1 atom stereocenters. The van der Waals surface area contributed by atoms with E-state index in [0.29, 0.717) is 43.6 Å². The number of allylic oxidation sites excluding steroid dienone is 1. The van der Waals surface area contributed by atoms with Gasteiger partial charge in [0.15, 0.2) is 22.2 Å². The smallest absolute Gasteiger partial charge is 0.338 e. The lowest BCUT2D eigenvalue weighted by Crippen LogP contribution is -2.44. The molecule has 4 heterocycles. The number of methoxy groups -OCH3 is 3. The van der Waals surface area contributed by atoms with E-state index in [2.05, 4.69) is 21.8 Å². The maximum atomic E-state index is 14.0. The number of rotatable bonds is 8. The molecule has 12 heteroatoms. The Balaban J connectivity index is 1.64. The van der Waals surface area contributed by atoms with Crippen LogP contribution >= 0.6 is 11.3 Å². The summed E-state index contributed by atoms with van der Waals surface area (Å²) in [7, 11) is 6.64. The molecule has 0 saturated carbocycles. The van der Waals surface area contributed by atoms with E-state index < -0.39 is 12.0 Å². The third-order valence-electron chi connectivity index (χ3n) is 7.22. The van der Waals surface area contributed by atoms with Gasteiger partial charge in [-0.1, -0.05) is 11.3 Å². The van der Waals surface area contributed by atoms with Crippen LogP contribution in [0.4, 0.5) is 5.88 Å². The van der Waals surface area contributed by atoms with Gasteiger partial charge in [0, 0.05) is 38.3 Å². The highest BCUT2D eigenvalue weighted by atomic mass is 32.1. The van der Waals surface area contributed by atoms with Crippen LogP contribution < -0.4 is 34.0 Å². The predicted molar refractivity (Wildman–Crippen MR) is 155 cm³/mol. The van der Waals surface area contributed by atoms with Gasteiger partial charge >= 0.3 is 5.97 Å². The number of hydrogen-bond donors (Lipinski definition) is 0. The number of thiazole rings is 1. The van der Waals surface area contributed by atoms with Crippen molar-refractivity contribution in [3.8, 4) is 17.2 Å². The highest BCUT2D eigenvalue weighted by Crippen LogP contribution is 2.42. The van der Waals surface area contributed by atoms with Crippen LogP contribution in [0.25, 0.3) is 6.08 Å². The van der Waals surface area contributed by atoms with Crippen molar-refractivity contribution >= 4 is 29.3 Å². The topological polar surface area (TPSA) is 108 Å². The number of ether oxygens (including phenoxy) is 4. The van der Waals surface area contributed by atoms with Crippen molar-refractivity contribution in [3.63, 3.8) is 0 Å². The summed E-state index contributed by atoms with van der Waals surface area (Å²) in [4.78, 5) is 36.8. The highest BCUT2D eigenvalue weighted by molar-refractivity contribution is 7.07. The van der Waals surface area contributed by atoms with Gasteiger partial charge in [-0.3, -0.25) is 9.36 Å². The van der Waals surface area contributed by atoms with Gasteiger partial charge in [-0.25, -0.2) is 9.79 Å². The largest absolute Gasteiger partial charge is 0.493 e. The monoisotopic (exact) mass is 582 g/mol. The van der Waals surface area contributed by atoms with Gasteiger partial charge in [-0.2, -0.15) is 0 Å². The minimum Gasteiger partial charge on any atom is -0.493 e. The van der Waals surface area contributed by atoms with Crippen molar-refractivity contribution < 1.29 is 28.2 Å². The van der Waals surface area contributed by atoms with Gasteiger partial charge in [-0.15, -0.1) is 0 Å². The predicted octanol–water partition coefficient (Wildman–Crippen LogP) is 2.17. The lowest BCUT2D eigenvalue weighted by Gasteiger charge is -2.32. The van der Waals surface area contributed by atoms with Crippen molar-refractivity contribution in [2.45, 2.75) is 19.9 Å². The molecule has 11 nitrogen and oxygen atoms in total. The molecule has 1 aromatic carbocycles. The summed E-state index contributed by atoms with van der Waals surface area (Å²) in [6.45, 7) is 7.30. The molecule has 2 aromatic heterocycles. The fraction of sp³-hybridized carbons (Fsp3) is 0.414. The summed E-state index contributed by atoms with van der Waals surface area (Å²) in [5, 5.41) is 0. The fourth-order valence-corrected chi connectivity index (χ4v) is 6.14. The molecule has 1 saturated heterocycles. The maximum absolute atomic E-state index is 14.0. The molecule has 0 amide bonds. The van der Waals surface area contributed by atoms with Crippen molar-refractivity contribution in [1.29, 1.82) is 0 Å². The number of fused-ring (bicyclic) bond motifs is 1. The Hall–Kier alpha value is -4.03. The van der Waals surface area contributed by atoms with E-state index in [-0.39, 0.29) is 17.7 Å². The number of furan rings is 1. The fourth-order valence-electron chi connectivity index (χ4n) is 5.11. The van der Waals surface area contributed by atoms with Gasteiger partial charge in [-0.05, 0) is 44.7 Å². The Kier molecular flexibility index (Phi) is 8.22. The molecule has 1 fully saturated rings. The summed E-state index contributed by atoms with van der Waals surface area (Å²) in [5.74, 6) is 1.98. The van der Waals surface area contributed by atoms with Gasteiger partial charge in [0.25, 0.3) is 5.56 Å². The first-order valence-electron chi connectivity index (χ1n) is 13.3. The number of anilines is 1. The normalized spacial score (nSPS) is 17.8. The van der Waals surface area contributed by atoms with E-state index in [1.54, 1.807) is 32.1 Å². The van der Waals surface area contributed by atoms with Crippen LogP contribution in [0, 0.1) is 0 Å². The molecule has 0 spiro atoms. The minimum absolute atomic E-state index is 0.177. The van der Waals surface area contributed by atoms with Gasteiger partial charge < -0.3 is 33.2 Å².